The first kappa shape index (κ1) is 22.9. The van der Waals surface area contributed by atoms with Crippen molar-refractivity contribution in [2.24, 2.45) is 10.7 Å². The molecule has 0 atom stereocenters. The Bertz CT molecular complexity index is 439. The van der Waals surface area contributed by atoms with Crippen molar-refractivity contribution in [3.8, 4) is 0 Å². The van der Waals surface area contributed by atoms with Gasteiger partial charge in [0.25, 0.3) is 0 Å². The van der Waals surface area contributed by atoms with Gasteiger partial charge in [-0.3, -0.25) is 4.99 Å². The van der Waals surface area contributed by atoms with Crippen LogP contribution in [0.4, 0.5) is 4.79 Å². The fourth-order valence-electron chi connectivity index (χ4n) is 1.94. The lowest BCUT2D eigenvalue weighted by molar-refractivity contribution is 0.0323. The van der Waals surface area contributed by atoms with E-state index in [2.05, 4.69) is 15.9 Å². The van der Waals surface area contributed by atoms with Crippen molar-refractivity contribution in [1.82, 2.24) is 4.90 Å². The molecule has 0 radical (unpaired) electrons. The van der Waals surface area contributed by atoms with Gasteiger partial charge in [0.05, 0.1) is 22.8 Å². The van der Waals surface area contributed by atoms with Crippen molar-refractivity contribution >= 4 is 27.7 Å². The number of nitrogens with two attached hydrogens (primary N) is 1. The molecule has 24 heavy (non-hydrogen) atoms. The van der Waals surface area contributed by atoms with E-state index in [4.69, 9.17) is 20.2 Å². The normalized spacial score (nSPS) is 17.0. The average Bonchev–Trinajstić information content (AvgIpc) is 2.54. The predicted molar refractivity (Wildman–Crippen MR) is 103 cm³/mol. The maximum atomic E-state index is 12.1. The summed E-state index contributed by atoms with van der Waals surface area (Å²) in [7, 11) is 1.68. The minimum Gasteiger partial charge on any atom is -0.444 e. The minimum atomic E-state index is -0.524. The maximum absolute atomic E-state index is 12.1. The molecular weight excluding hydrogens is 374 g/mol. The average molecular weight is 406 g/mol. The van der Waals surface area contributed by atoms with Crippen molar-refractivity contribution in [1.29, 1.82) is 0 Å². The molecule has 1 heterocycles. The van der Waals surface area contributed by atoms with Crippen LogP contribution in [-0.2, 0) is 9.47 Å². The molecule has 0 saturated carbocycles. The molecule has 0 aliphatic carbocycles. The van der Waals surface area contributed by atoms with Gasteiger partial charge in [-0.25, -0.2) is 4.79 Å². The summed E-state index contributed by atoms with van der Waals surface area (Å²) in [6.07, 6.45) is 2.82. The number of aliphatic imine (C=N–C) groups is 1. The van der Waals surface area contributed by atoms with Gasteiger partial charge in [-0.05, 0) is 49.5 Å². The van der Waals surface area contributed by atoms with E-state index in [1.54, 1.807) is 7.05 Å². The highest BCUT2D eigenvalue weighted by atomic mass is 79.9. The minimum absolute atomic E-state index is 0.197. The summed E-state index contributed by atoms with van der Waals surface area (Å²) in [6, 6.07) is 0.197. The first-order valence-corrected chi connectivity index (χ1v) is 9.18. The molecule has 1 fully saturated rings. The molecule has 0 bridgehead atoms. The van der Waals surface area contributed by atoms with Gasteiger partial charge in [0.15, 0.2) is 0 Å². The van der Waals surface area contributed by atoms with Crippen LogP contribution < -0.4 is 5.73 Å². The summed E-state index contributed by atoms with van der Waals surface area (Å²) in [5.41, 5.74) is 5.80. The third-order valence-electron chi connectivity index (χ3n) is 3.04. The lowest BCUT2D eigenvalue weighted by Crippen LogP contribution is -2.37. The van der Waals surface area contributed by atoms with Crippen molar-refractivity contribution in [3.05, 3.63) is 10.7 Å². The molecule has 140 valence electrons. The Labute approximate surface area is 154 Å². The van der Waals surface area contributed by atoms with E-state index < -0.39 is 5.60 Å². The van der Waals surface area contributed by atoms with Gasteiger partial charge in [-0.15, -0.1) is 0 Å². The number of ether oxygens (including phenoxy) is 2. The van der Waals surface area contributed by atoms with E-state index in [1.807, 2.05) is 34.6 Å². The molecule has 1 rings (SSSR count). The van der Waals surface area contributed by atoms with Gasteiger partial charge in [0.2, 0.25) is 0 Å². The molecule has 0 aromatic heterocycles. The highest BCUT2D eigenvalue weighted by Gasteiger charge is 2.22. The number of halogens is 1. The molecule has 1 amide bonds. The number of carbonyl (C=O) groups excluding carboxylic acids is 1. The summed E-state index contributed by atoms with van der Waals surface area (Å²) in [4.78, 5) is 18.3. The van der Waals surface area contributed by atoms with Crippen molar-refractivity contribution < 1.29 is 14.3 Å². The molecule has 0 unspecified atom stereocenters. The monoisotopic (exact) mass is 405 g/mol. The summed E-state index contributed by atoms with van der Waals surface area (Å²) >= 11 is 3.40. The van der Waals surface area contributed by atoms with E-state index in [-0.39, 0.29) is 12.1 Å². The Morgan fingerprint density at radius 3 is 2.38 bits per heavy atom. The molecule has 0 aromatic carbocycles. The third-order valence-corrected chi connectivity index (χ3v) is 3.77. The quantitative estimate of drug-likeness (QED) is 0.723. The van der Waals surface area contributed by atoms with E-state index >= 15 is 0 Å². The third kappa shape index (κ3) is 9.27. The van der Waals surface area contributed by atoms with Crippen LogP contribution >= 0.6 is 15.9 Å². The zero-order valence-corrected chi connectivity index (χ0v) is 17.4. The van der Waals surface area contributed by atoms with Crippen molar-refractivity contribution in [3.63, 3.8) is 0 Å². The standard InChI is InChI=1S/C15H26BrN3O3.C2H6/c1-15(2,3)22-14(20)19(4)10-13(12(16)9-17)18-11-5-7-21-8-6-11;1-2/h9,11H,5-8,10,17H2,1-4H3;1-2H3/b12-9+,18-13?;. The smallest absolute Gasteiger partial charge is 0.410 e. The van der Waals surface area contributed by atoms with Gasteiger partial charge in [0, 0.05) is 26.5 Å². The fourth-order valence-corrected chi connectivity index (χ4v) is 2.17. The number of hydrogen-bond acceptors (Lipinski definition) is 5. The second-order valence-corrected chi connectivity index (χ2v) is 7.12. The zero-order chi connectivity index (χ0) is 18.8. The second-order valence-electron chi connectivity index (χ2n) is 6.27. The summed E-state index contributed by atoms with van der Waals surface area (Å²) in [5.74, 6) is 0. The number of carbonyl (C=O) groups is 1. The Balaban J connectivity index is 0.00000254. The van der Waals surface area contributed by atoms with Crippen LogP contribution in [-0.4, -0.2) is 55.2 Å². The van der Waals surface area contributed by atoms with Crippen LogP contribution in [0.3, 0.4) is 0 Å². The topological polar surface area (TPSA) is 77.1 Å². The summed E-state index contributed by atoms with van der Waals surface area (Å²) in [5, 5.41) is 0. The van der Waals surface area contributed by atoms with Gasteiger partial charge in [0.1, 0.15) is 5.60 Å². The SMILES string of the molecule is CC.CN(CC(=NC1CCOCC1)/C(Br)=C\N)C(=O)OC(C)(C)C. The summed E-state index contributed by atoms with van der Waals surface area (Å²) < 4.78 is 11.4. The van der Waals surface area contributed by atoms with Crippen LogP contribution in [0.1, 0.15) is 47.5 Å². The van der Waals surface area contributed by atoms with Crippen molar-refractivity contribution in [2.45, 2.75) is 59.1 Å². The molecule has 1 aliphatic rings. The van der Waals surface area contributed by atoms with Gasteiger partial charge in [-0.1, -0.05) is 13.8 Å². The molecule has 1 aliphatic heterocycles. The maximum Gasteiger partial charge on any atom is 0.410 e. The van der Waals surface area contributed by atoms with Gasteiger partial charge < -0.3 is 20.1 Å². The number of amides is 1. The van der Waals surface area contributed by atoms with Crippen LogP contribution in [0.25, 0.3) is 0 Å². The lowest BCUT2D eigenvalue weighted by atomic mass is 10.1. The molecule has 2 N–H and O–H groups in total. The van der Waals surface area contributed by atoms with E-state index in [9.17, 15) is 4.79 Å². The highest BCUT2D eigenvalue weighted by Crippen LogP contribution is 2.16. The Morgan fingerprint density at radius 1 is 1.38 bits per heavy atom. The van der Waals surface area contributed by atoms with Crippen molar-refractivity contribution in [2.75, 3.05) is 26.8 Å². The van der Waals surface area contributed by atoms with Crippen LogP contribution in [0.15, 0.2) is 15.7 Å². The fraction of sp³-hybridized carbons (Fsp3) is 0.765. The van der Waals surface area contributed by atoms with E-state index in [0.29, 0.717) is 24.2 Å². The molecule has 0 aromatic rings. The highest BCUT2D eigenvalue weighted by molar-refractivity contribution is 9.12. The lowest BCUT2D eigenvalue weighted by Gasteiger charge is -2.26. The van der Waals surface area contributed by atoms with Crippen LogP contribution in [0.2, 0.25) is 0 Å². The Morgan fingerprint density at radius 2 is 1.92 bits per heavy atom. The molecule has 7 heteroatoms. The summed E-state index contributed by atoms with van der Waals surface area (Å²) in [6.45, 7) is 11.3. The van der Waals surface area contributed by atoms with E-state index in [0.717, 1.165) is 18.6 Å². The number of nitrogens with zero attached hydrogens (tertiary/aromatic N) is 2. The number of hydrogen-bond donors (Lipinski definition) is 1. The zero-order valence-electron chi connectivity index (χ0n) is 15.8. The molecule has 0 spiro atoms. The largest absolute Gasteiger partial charge is 0.444 e. The first-order valence-electron chi connectivity index (χ1n) is 8.39. The second kappa shape index (κ2) is 11.5. The first-order chi connectivity index (χ1) is 11.2. The van der Waals surface area contributed by atoms with Gasteiger partial charge in [-0.2, -0.15) is 0 Å². The molecule has 6 nitrogen and oxygen atoms in total. The van der Waals surface area contributed by atoms with Crippen LogP contribution in [0, 0.1) is 0 Å². The number of rotatable bonds is 4. The molecular formula is C17H32BrN3O3. The Hall–Kier alpha value is -1.08. The molecule has 1 saturated heterocycles. The predicted octanol–water partition coefficient (Wildman–Crippen LogP) is 3.69. The Kier molecular flexibility index (Phi) is 11.0. The van der Waals surface area contributed by atoms with Gasteiger partial charge >= 0.3 is 6.09 Å². The van der Waals surface area contributed by atoms with E-state index in [1.165, 1.54) is 11.1 Å². The van der Waals surface area contributed by atoms with Crippen LogP contribution in [0.5, 0.6) is 0 Å².